The van der Waals surface area contributed by atoms with Gasteiger partial charge in [-0.1, -0.05) is 12.1 Å². The fourth-order valence-electron chi connectivity index (χ4n) is 2.71. The molecule has 1 aliphatic rings. The predicted octanol–water partition coefficient (Wildman–Crippen LogP) is 1.68. The van der Waals surface area contributed by atoms with E-state index < -0.39 is 16.0 Å². The van der Waals surface area contributed by atoms with Crippen LogP contribution in [-0.2, 0) is 26.2 Å². The van der Waals surface area contributed by atoms with Gasteiger partial charge in [-0.25, -0.2) is 8.42 Å². The summed E-state index contributed by atoms with van der Waals surface area (Å²) in [5, 5.41) is 0. The van der Waals surface area contributed by atoms with Crippen LogP contribution < -0.4 is 9.46 Å². The van der Waals surface area contributed by atoms with Crippen molar-refractivity contribution in [3.63, 3.8) is 0 Å². The van der Waals surface area contributed by atoms with Gasteiger partial charge >= 0.3 is 5.97 Å². The first-order chi connectivity index (χ1) is 13.3. The van der Waals surface area contributed by atoms with Crippen molar-refractivity contribution in [3.05, 3.63) is 59.2 Å². The molecule has 0 bridgehead atoms. The van der Waals surface area contributed by atoms with Crippen LogP contribution in [0.4, 0.5) is 0 Å². The molecule has 0 radical (unpaired) electrons. The number of fused-ring (bicyclic) bond motifs is 1. The minimum Gasteiger partial charge on any atom is -0.496 e. The van der Waals surface area contributed by atoms with Crippen LogP contribution in [0.3, 0.4) is 0 Å². The summed E-state index contributed by atoms with van der Waals surface area (Å²) in [6.07, 6.45) is 0. The normalized spacial score (nSPS) is 15.6. The zero-order chi connectivity index (χ0) is 20.3. The molecule has 0 saturated heterocycles. The maximum absolute atomic E-state index is 12.1. The SMILES string of the molecule is COc1ccc(C(C)=O)cc1COC(=O)CN=C1NS(=O)(=O)c2ccccc21. The minimum absolute atomic E-state index is 0.101. The van der Waals surface area contributed by atoms with Gasteiger partial charge in [0.25, 0.3) is 10.0 Å². The lowest BCUT2D eigenvalue weighted by Crippen LogP contribution is -2.23. The molecule has 0 aromatic heterocycles. The molecule has 0 amide bonds. The van der Waals surface area contributed by atoms with E-state index in [0.29, 0.717) is 22.4 Å². The summed E-state index contributed by atoms with van der Waals surface area (Å²) < 4.78 is 36.8. The number of carbonyl (C=O) groups is 2. The van der Waals surface area contributed by atoms with Crippen LogP contribution in [-0.4, -0.2) is 39.7 Å². The number of ether oxygens (including phenoxy) is 2. The standard InChI is InChI=1S/C19H18N2O6S/c1-12(22)13-7-8-16(26-2)14(9-13)11-27-18(23)10-20-19-15-5-3-4-6-17(15)28(24,25)21-19/h3-9H,10-11H2,1-2H3,(H,20,21). The highest BCUT2D eigenvalue weighted by Crippen LogP contribution is 2.23. The average molecular weight is 402 g/mol. The lowest BCUT2D eigenvalue weighted by atomic mass is 10.1. The van der Waals surface area contributed by atoms with E-state index in [-0.39, 0.29) is 29.7 Å². The molecule has 2 aromatic carbocycles. The number of aliphatic imine (C=N–C) groups is 1. The van der Waals surface area contributed by atoms with Crippen molar-refractivity contribution in [3.8, 4) is 5.75 Å². The van der Waals surface area contributed by atoms with Crippen molar-refractivity contribution < 1.29 is 27.5 Å². The number of methoxy groups -OCH3 is 1. The van der Waals surface area contributed by atoms with Gasteiger partial charge in [0, 0.05) is 16.7 Å². The minimum atomic E-state index is -3.66. The first kappa shape index (κ1) is 19.6. The van der Waals surface area contributed by atoms with Crippen molar-refractivity contribution in [1.82, 2.24) is 4.72 Å². The van der Waals surface area contributed by atoms with E-state index in [2.05, 4.69) is 9.71 Å². The Kier molecular flexibility index (Phi) is 5.46. The second kappa shape index (κ2) is 7.81. The fourth-order valence-corrected chi connectivity index (χ4v) is 3.96. The molecule has 0 atom stereocenters. The molecule has 1 heterocycles. The lowest BCUT2D eigenvalue weighted by Gasteiger charge is -2.10. The van der Waals surface area contributed by atoms with Crippen molar-refractivity contribution >= 4 is 27.6 Å². The second-order valence-corrected chi connectivity index (χ2v) is 7.66. The lowest BCUT2D eigenvalue weighted by molar-refractivity contribution is -0.143. The van der Waals surface area contributed by atoms with Crippen LogP contribution in [0, 0.1) is 0 Å². The van der Waals surface area contributed by atoms with Gasteiger partial charge in [0.05, 0.1) is 12.0 Å². The molecular weight excluding hydrogens is 384 g/mol. The third-order valence-corrected chi connectivity index (χ3v) is 5.50. The van der Waals surface area contributed by atoms with Gasteiger partial charge in [0.15, 0.2) is 5.78 Å². The summed E-state index contributed by atoms with van der Waals surface area (Å²) in [4.78, 5) is 27.7. The van der Waals surface area contributed by atoms with E-state index in [1.807, 2.05) is 0 Å². The highest BCUT2D eigenvalue weighted by Gasteiger charge is 2.30. The Balaban J connectivity index is 1.69. The number of ketones is 1. The van der Waals surface area contributed by atoms with Gasteiger partial charge in [0.1, 0.15) is 24.7 Å². The number of esters is 1. The number of Topliss-reactive ketones (excluding diaryl/α,β-unsaturated/α-hetero) is 1. The molecule has 0 unspecified atom stereocenters. The van der Waals surface area contributed by atoms with E-state index in [9.17, 15) is 18.0 Å². The van der Waals surface area contributed by atoms with Crippen LogP contribution in [0.15, 0.2) is 52.4 Å². The molecule has 2 aromatic rings. The number of hydrogen-bond acceptors (Lipinski definition) is 7. The Hall–Kier alpha value is -3.20. The Morgan fingerprint density at radius 1 is 1.14 bits per heavy atom. The van der Waals surface area contributed by atoms with Crippen molar-refractivity contribution in [2.75, 3.05) is 13.7 Å². The van der Waals surface area contributed by atoms with E-state index in [0.717, 1.165) is 0 Å². The maximum Gasteiger partial charge on any atom is 0.328 e. The molecule has 0 fully saturated rings. The van der Waals surface area contributed by atoms with Gasteiger partial charge in [0.2, 0.25) is 0 Å². The molecule has 0 saturated carbocycles. The predicted molar refractivity (Wildman–Crippen MR) is 101 cm³/mol. The monoisotopic (exact) mass is 402 g/mol. The van der Waals surface area contributed by atoms with Gasteiger partial charge in [-0.3, -0.25) is 19.3 Å². The summed E-state index contributed by atoms with van der Waals surface area (Å²) in [7, 11) is -2.19. The number of nitrogens with one attached hydrogen (secondary N) is 1. The highest BCUT2D eigenvalue weighted by molar-refractivity contribution is 7.90. The first-order valence-corrected chi connectivity index (χ1v) is 9.80. The molecule has 1 N–H and O–H groups in total. The first-order valence-electron chi connectivity index (χ1n) is 8.32. The van der Waals surface area contributed by atoms with Crippen molar-refractivity contribution in [2.45, 2.75) is 18.4 Å². The summed E-state index contributed by atoms with van der Waals surface area (Å²) >= 11 is 0. The van der Waals surface area contributed by atoms with Gasteiger partial charge in [-0.05, 0) is 37.3 Å². The molecule has 0 spiro atoms. The maximum atomic E-state index is 12.1. The van der Waals surface area contributed by atoms with Gasteiger partial charge in [-0.2, -0.15) is 0 Å². The van der Waals surface area contributed by atoms with E-state index in [1.54, 1.807) is 36.4 Å². The molecule has 8 nitrogen and oxygen atoms in total. The second-order valence-electron chi connectivity index (χ2n) is 6.01. The van der Waals surface area contributed by atoms with Crippen molar-refractivity contribution in [1.29, 1.82) is 0 Å². The Labute approximate surface area is 162 Å². The molecule has 1 aliphatic heterocycles. The Bertz CT molecular complexity index is 1080. The number of rotatable bonds is 6. The molecule has 0 aliphatic carbocycles. The topological polar surface area (TPSA) is 111 Å². The summed E-state index contributed by atoms with van der Waals surface area (Å²) in [5.74, 6) is -0.175. The van der Waals surface area contributed by atoms with E-state index in [4.69, 9.17) is 9.47 Å². The Morgan fingerprint density at radius 2 is 1.89 bits per heavy atom. The highest BCUT2D eigenvalue weighted by atomic mass is 32.2. The molecule has 9 heteroatoms. The van der Waals surface area contributed by atoms with Crippen molar-refractivity contribution in [2.24, 2.45) is 4.99 Å². The summed E-state index contributed by atoms with van der Waals surface area (Å²) in [5.41, 5.74) is 1.43. The van der Waals surface area contributed by atoms with Gasteiger partial charge in [-0.15, -0.1) is 0 Å². The molecular formula is C19H18N2O6S. The van der Waals surface area contributed by atoms with Gasteiger partial charge < -0.3 is 9.47 Å². The van der Waals surface area contributed by atoms with Crippen LogP contribution in [0.25, 0.3) is 0 Å². The van der Waals surface area contributed by atoms with Crippen LogP contribution in [0.5, 0.6) is 5.75 Å². The van der Waals surface area contributed by atoms with E-state index >= 15 is 0 Å². The van der Waals surface area contributed by atoms with Crippen LogP contribution in [0.1, 0.15) is 28.4 Å². The van der Waals surface area contributed by atoms with Crippen LogP contribution in [0.2, 0.25) is 0 Å². The third-order valence-electron chi connectivity index (χ3n) is 4.10. The number of hydrogen-bond donors (Lipinski definition) is 1. The smallest absolute Gasteiger partial charge is 0.328 e. The third kappa shape index (κ3) is 4.04. The Morgan fingerprint density at radius 3 is 2.61 bits per heavy atom. The molecule has 28 heavy (non-hydrogen) atoms. The summed E-state index contributed by atoms with van der Waals surface area (Å²) in [6, 6.07) is 11.2. The quantitative estimate of drug-likeness (QED) is 0.581. The number of sulfonamides is 1. The zero-order valence-electron chi connectivity index (χ0n) is 15.3. The molecule has 3 rings (SSSR count). The summed E-state index contributed by atoms with van der Waals surface area (Å²) in [6.45, 7) is 0.978. The van der Waals surface area contributed by atoms with Crippen LogP contribution >= 0.6 is 0 Å². The molecule has 146 valence electrons. The number of carbonyl (C=O) groups excluding carboxylic acids is 2. The largest absolute Gasteiger partial charge is 0.496 e. The van der Waals surface area contributed by atoms with E-state index in [1.165, 1.54) is 20.1 Å². The number of nitrogens with zero attached hydrogens (tertiary/aromatic N) is 1. The number of amidine groups is 1. The number of benzene rings is 2. The fraction of sp³-hybridized carbons (Fsp3) is 0.211. The average Bonchev–Trinajstić information content (AvgIpc) is 2.95. The zero-order valence-corrected chi connectivity index (χ0v) is 16.1.